The van der Waals surface area contributed by atoms with Crippen LogP contribution >= 0.6 is 0 Å². The van der Waals surface area contributed by atoms with Gasteiger partial charge in [-0.25, -0.2) is 4.98 Å². The lowest BCUT2D eigenvalue weighted by atomic mass is 9.94. The second-order valence-electron chi connectivity index (χ2n) is 6.57. The quantitative estimate of drug-likeness (QED) is 0.918. The predicted molar refractivity (Wildman–Crippen MR) is 91.2 cm³/mol. The molecular formula is C18H22N4O3. The maximum absolute atomic E-state index is 13.0. The number of nitrogens with zero attached hydrogens (tertiary/aromatic N) is 3. The molecular weight excluding hydrogens is 320 g/mol. The van der Waals surface area contributed by atoms with Crippen LogP contribution in [0.4, 0.5) is 0 Å². The van der Waals surface area contributed by atoms with Gasteiger partial charge in [-0.05, 0) is 18.6 Å². The van der Waals surface area contributed by atoms with E-state index in [1.54, 1.807) is 0 Å². The molecule has 1 unspecified atom stereocenters. The molecule has 1 N–H and O–H groups in total. The Morgan fingerprint density at radius 1 is 1.24 bits per heavy atom. The number of rotatable bonds is 3. The van der Waals surface area contributed by atoms with Crippen LogP contribution in [0.1, 0.15) is 29.5 Å². The molecule has 2 aromatic rings. The van der Waals surface area contributed by atoms with E-state index in [1.165, 1.54) is 0 Å². The summed E-state index contributed by atoms with van der Waals surface area (Å²) in [4.78, 5) is 19.4. The number of aryl methyl sites for hydroxylation is 1. The van der Waals surface area contributed by atoms with Crippen molar-refractivity contribution in [3.05, 3.63) is 35.7 Å². The number of nitrogens with one attached hydrogen (secondary N) is 1. The maximum atomic E-state index is 13.0. The zero-order valence-corrected chi connectivity index (χ0v) is 14.3. The van der Waals surface area contributed by atoms with Crippen molar-refractivity contribution >= 4 is 5.91 Å². The van der Waals surface area contributed by atoms with Crippen LogP contribution in [0.25, 0.3) is 11.4 Å². The third-order valence-corrected chi connectivity index (χ3v) is 4.99. The Hall–Kier alpha value is -2.25. The highest BCUT2D eigenvalue weighted by Gasteiger charge is 2.45. The number of benzene rings is 1. The largest absolute Gasteiger partial charge is 0.379 e. The molecule has 0 bridgehead atoms. The second-order valence-corrected chi connectivity index (χ2v) is 6.57. The van der Waals surface area contributed by atoms with Crippen LogP contribution < -0.4 is 0 Å². The number of aromatic nitrogens is 3. The van der Waals surface area contributed by atoms with Gasteiger partial charge in [0.1, 0.15) is 5.82 Å². The van der Waals surface area contributed by atoms with Crippen molar-refractivity contribution in [2.24, 2.45) is 0 Å². The molecule has 2 aliphatic rings. The first-order valence-electron chi connectivity index (χ1n) is 8.71. The van der Waals surface area contributed by atoms with Crippen LogP contribution in [0, 0.1) is 0 Å². The number of carbonyl (C=O) groups excluding carboxylic acids is 1. The van der Waals surface area contributed by atoms with Gasteiger partial charge >= 0.3 is 0 Å². The van der Waals surface area contributed by atoms with Crippen molar-refractivity contribution in [2.45, 2.75) is 25.3 Å². The summed E-state index contributed by atoms with van der Waals surface area (Å²) < 4.78 is 11.2. The van der Waals surface area contributed by atoms with E-state index in [0.717, 1.165) is 24.2 Å². The molecule has 0 saturated carbocycles. The van der Waals surface area contributed by atoms with E-state index in [9.17, 15) is 4.79 Å². The average molecular weight is 342 g/mol. The summed E-state index contributed by atoms with van der Waals surface area (Å²) >= 11 is 0. The van der Waals surface area contributed by atoms with E-state index in [1.807, 2.05) is 36.1 Å². The average Bonchev–Trinajstić information content (AvgIpc) is 3.32. The van der Waals surface area contributed by atoms with Crippen molar-refractivity contribution < 1.29 is 14.3 Å². The van der Waals surface area contributed by atoms with E-state index in [4.69, 9.17) is 9.47 Å². The predicted octanol–water partition coefficient (Wildman–Crippen LogP) is 1.67. The molecule has 2 fully saturated rings. The van der Waals surface area contributed by atoms with Crippen molar-refractivity contribution in [1.29, 1.82) is 0 Å². The topological polar surface area (TPSA) is 80.3 Å². The molecule has 4 rings (SSSR count). The van der Waals surface area contributed by atoms with E-state index >= 15 is 0 Å². The van der Waals surface area contributed by atoms with Gasteiger partial charge in [-0.1, -0.05) is 19.1 Å². The molecule has 1 aromatic carbocycles. The summed E-state index contributed by atoms with van der Waals surface area (Å²) in [6.45, 7) is 4.97. The molecule has 1 amide bonds. The van der Waals surface area contributed by atoms with Crippen LogP contribution in [-0.4, -0.2) is 64.5 Å². The number of hydrogen-bond acceptors (Lipinski definition) is 5. The standard InChI is InChI=1S/C18H22N4O3/c1-2-15-19-16(21-20-15)13-3-5-14(6-4-13)17(23)22-8-10-25-12-18(22)7-9-24-11-18/h3-6H,2,7-12H2,1H3,(H,19,20,21). The highest BCUT2D eigenvalue weighted by Crippen LogP contribution is 2.31. The SMILES string of the molecule is CCc1nc(-c2ccc(C(=O)N3CCOCC34CCOC4)cc2)n[nH]1. The summed E-state index contributed by atoms with van der Waals surface area (Å²) in [6, 6.07) is 7.49. The molecule has 1 atom stereocenters. The number of morpholine rings is 1. The molecule has 0 aliphatic carbocycles. The normalized spacial score (nSPS) is 23.3. The molecule has 1 spiro atoms. The van der Waals surface area contributed by atoms with Gasteiger partial charge in [-0.2, -0.15) is 5.10 Å². The van der Waals surface area contributed by atoms with Gasteiger partial charge in [0.25, 0.3) is 5.91 Å². The number of amides is 1. The fraction of sp³-hybridized carbons (Fsp3) is 0.500. The van der Waals surface area contributed by atoms with Gasteiger partial charge in [-0.15, -0.1) is 0 Å². The maximum Gasteiger partial charge on any atom is 0.254 e. The fourth-order valence-corrected chi connectivity index (χ4v) is 3.47. The van der Waals surface area contributed by atoms with E-state index in [2.05, 4.69) is 15.2 Å². The number of hydrogen-bond donors (Lipinski definition) is 1. The minimum atomic E-state index is -0.312. The summed E-state index contributed by atoms with van der Waals surface area (Å²) in [6.07, 6.45) is 1.64. The Kier molecular flexibility index (Phi) is 4.27. The minimum absolute atomic E-state index is 0.0320. The molecule has 2 saturated heterocycles. The van der Waals surface area contributed by atoms with Crippen LogP contribution in [0.15, 0.2) is 24.3 Å². The Morgan fingerprint density at radius 2 is 2.00 bits per heavy atom. The number of aromatic amines is 1. The summed E-state index contributed by atoms with van der Waals surface area (Å²) in [5.74, 6) is 1.54. The fourth-order valence-electron chi connectivity index (χ4n) is 3.47. The molecule has 0 radical (unpaired) electrons. The lowest BCUT2D eigenvalue weighted by Crippen LogP contribution is -2.59. The summed E-state index contributed by atoms with van der Waals surface area (Å²) in [5, 5.41) is 7.13. The number of ether oxygens (including phenoxy) is 2. The first kappa shape index (κ1) is 16.2. The number of H-pyrrole nitrogens is 1. The Balaban J connectivity index is 1.55. The van der Waals surface area contributed by atoms with Crippen LogP contribution in [0.5, 0.6) is 0 Å². The van der Waals surface area contributed by atoms with E-state index < -0.39 is 0 Å². The zero-order chi connectivity index (χ0) is 17.3. The third kappa shape index (κ3) is 2.94. The molecule has 132 valence electrons. The van der Waals surface area contributed by atoms with Gasteiger partial charge in [0.05, 0.1) is 25.4 Å². The van der Waals surface area contributed by atoms with Gasteiger partial charge < -0.3 is 14.4 Å². The minimum Gasteiger partial charge on any atom is -0.379 e. The van der Waals surface area contributed by atoms with Crippen LogP contribution in [-0.2, 0) is 15.9 Å². The van der Waals surface area contributed by atoms with E-state index in [-0.39, 0.29) is 11.4 Å². The first-order valence-corrected chi connectivity index (χ1v) is 8.71. The molecule has 3 heterocycles. The van der Waals surface area contributed by atoms with Crippen LogP contribution in [0.3, 0.4) is 0 Å². The smallest absolute Gasteiger partial charge is 0.254 e. The Bertz CT molecular complexity index is 750. The monoisotopic (exact) mass is 342 g/mol. The lowest BCUT2D eigenvalue weighted by molar-refractivity contribution is -0.0550. The Morgan fingerprint density at radius 3 is 2.68 bits per heavy atom. The Labute approximate surface area is 146 Å². The van der Waals surface area contributed by atoms with E-state index in [0.29, 0.717) is 44.4 Å². The van der Waals surface area contributed by atoms with Crippen molar-refractivity contribution in [1.82, 2.24) is 20.1 Å². The molecule has 7 heteroatoms. The van der Waals surface area contributed by atoms with Crippen molar-refractivity contribution in [2.75, 3.05) is 33.0 Å². The lowest BCUT2D eigenvalue weighted by Gasteiger charge is -2.43. The summed E-state index contributed by atoms with van der Waals surface area (Å²) in [5.41, 5.74) is 1.25. The third-order valence-electron chi connectivity index (χ3n) is 4.99. The highest BCUT2D eigenvalue weighted by molar-refractivity contribution is 5.95. The molecule has 2 aliphatic heterocycles. The number of carbonyl (C=O) groups is 1. The molecule has 1 aromatic heterocycles. The van der Waals surface area contributed by atoms with Crippen molar-refractivity contribution in [3.8, 4) is 11.4 Å². The molecule has 7 nitrogen and oxygen atoms in total. The van der Waals surface area contributed by atoms with Crippen molar-refractivity contribution in [3.63, 3.8) is 0 Å². The molecule has 25 heavy (non-hydrogen) atoms. The van der Waals surface area contributed by atoms with Crippen LogP contribution in [0.2, 0.25) is 0 Å². The second kappa shape index (κ2) is 6.57. The summed E-state index contributed by atoms with van der Waals surface area (Å²) in [7, 11) is 0. The zero-order valence-electron chi connectivity index (χ0n) is 14.3. The van der Waals surface area contributed by atoms with Gasteiger partial charge in [-0.3, -0.25) is 9.89 Å². The van der Waals surface area contributed by atoms with Gasteiger partial charge in [0, 0.05) is 30.7 Å². The highest BCUT2D eigenvalue weighted by atomic mass is 16.5. The van der Waals surface area contributed by atoms with Gasteiger partial charge in [0.15, 0.2) is 5.82 Å². The first-order chi connectivity index (χ1) is 12.2. The van der Waals surface area contributed by atoms with Gasteiger partial charge in [0.2, 0.25) is 0 Å².